The van der Waals surface area contributed by atoms with E-state index < -0.39 is 17.9 Å². The van der Waals surface area contributed by atoms with Gasteiger partial charge in [0.25, 0.3) is 0 Å². The van der Waals surface area contributed by atoms with E-state index in [0.717, 1.165) is 52.0 Å². The monoisotopic (exact) mass is 402 g/mol. The molecule has 2 N–H and O–H groups in total. The summed E-state index contributed by atoms with van der Waals surface area (Å²) in [5, 5.41) is 4.33. The lowest BCUT2D eigenvalue weighted by Crippen LogP contribution is -2.28. The maximum Gasteiger partial charge on any atom is 0.416 e. The molecule has 1 aliphatic carbocycles. The van der Waals surface area contributed by atoms with Crippen LogP contribution in [0.1, 0.15) is 29.5 Å². The predicted molar refractivity (Wildman–Crippen MR) is 108 cm³/mol. The van der Waals surface area contributed by atoms with Crippen molar-refractivity contribution in [2.75, 3.05) is 5.32 Å². The first-order valence-corrected chi connectivity index (χ1v) is 9.65. The van der Waals surface area contributed by atoms with Crippen LogP contribution in [0, 0.1) is 5.92 Å². The highest BCUT2D eigenvalue weighted by atomic mass is 19.4. The Hall–Kier alpha value is -2.76. The molecule has 1 aromatic heterocycles. The molecule has 0 amide bonds. The fraction of sp³-hybridized carbons (Fsp3) is 0.304. The minimum atomic E-state index is -4.31. The molecule has 4 rings (SSSR count). The second-order valence-electron chi connectivity index (χ2n) is 7.69. The van der Waals surface area contributed by atoms with Crippen LogP contribution in [-0.2, 0) is 19.0 Å². The van der Waals surface area contributed by atoms with Gasteiger partial charge in [0.1, 0.15) is 6.17 Å². The number of alkyl halides is 4. The number of benzene rings is 2. The average molecular weight is 402 g/mol. The van der Waals surface area contributed by atoms with E-state index >= 15 is 0 Å². The summed E-state index contributed by atoms with van der Waals surface area (Å²) in [4.78, 5) is 3.21. The van der Waals surface area contributed by atoms with Crippen molar-refractivity contribution in [3.05, 3.63) is 77.6 Å². The molecule has 29 heavy (non-hydrogen) atoms. The summed E-state index contributed by atoms with van der Waals surface area (Å²) in [5.41, 5.74) is 4.05. The summed E-state index contributed by atoms with van der Waals surface area (Å²) in [6.45, 7) is 4.04. The summed E-state index contributed by atoms with van der Waals surface area (Å²) in [5.74, 6) is 0.165. The molecule has 0 saturated heterocycles. The Balaban J connectivity index is 1.44. The van der Waals surface area contributed by atoms with Gasteiger partial charge in [-0.1, -0.05) is 24.8 Å². The van der Waals surface area contributed by atoms with Crippen LogP contribution in [0.15, 0.2) is 60.9 Å². The van der Waals surface area contributed by atoms with E-state index in [1.807, 2.05) is 18.3 Å². The highest BCUT2D eigenvalue weighted by Gasteiger charge is 2.31. The molecule has 1 fully saturated rings. The largest absolute Gasteiger partial charge is 0.416 e. The predicted octanol–water partition coefficient (Wildman–Crippen LogP) is 6.65. The first kappa shape index (κ1) is 19.6. The third-order valence-corrected chi connectivity index (χ3v) is 5.60. The number of fused-ring (bicyclic) bond motifs is 1. The molecular weight excluding hydrogens is 380 g/mol. The van der Waals surface area contributed by atoms with Gasteiger partial charge in [-0.3, -0.25) is 0 Å². The molecule has 1 heterocycles. The van der Waals surface area contributed by atoms with Gasteiger partial charge in [-0.25, -0.2) is 4.39 Å². The molecule has 0 spiro atoms. The summed E-state index contributed by atoms with van der Waals surface area (Å²) in [7, 11) is 0. The smallest absolute Gasteiger partial charge is 0.359 e. The standard InChI is InChI=1S/C23H22F4N2/c1-14(17-11-19(24)12-17)29-22-13-28-21-9-6-16(10-20(21)22)3-2-15-4-7-18(8-5-15)23(25,26)27/h4-10,13,17,19,28-29H,1-3,11-12H2. The van der Waals surface area contributed by atoms with Crippen LogP contribution in [0.5, 0.6) is 0 Å². The maximum atomic E-state index is 13.1. The zero-order chi connectivity index (χ0) is 20.6. The van der Waals surface area contributed by atoms with Gasteiger partial charge in [0.15, 0.2) is 0 Å². The lowest BCUT2D eigenvalue weighted by molar-refractivity contribution is -0.137. The number of allylic oxidation sites excluding steroid dienone is 1. The van der Waals surface area contributed by atoms with E-state index in [2.05, 4.69) is 22.9 Å². The number of aromatic amines is 1. The van der Waals surface area contributed by atoms with Crippen LogP contribution >= 0.6 is 0 Å². The average Bonchev–Trinajstić information content (AvgIpc) is 3.05. The first-order valence-electron chi connectivity index (χ1n) is 9.65. The van der Waals surface area contributed by atoms with Gasteiger partial charge in [-0.2, -0.15) is 13.2 Å². The van der Waals surface area contributed by atoms with Crippen molar-refractivity contribution in [1.29, 1.82) is 0 Å². The number of hydrogen-bond acceptors (Lipinski definition) is 1. The lowest BCUT2D eigenvalue weighted by atomic mass is 9.81. The fourth-order valence-electron chi connectivity index (χ4n) is 3.68. The SMILES string of the molecule is C=C(Nc1c[nH]c2ccc(CCc3ccc(C(F)(F)F)cc3)cc12)C1CC(F)C1. The fourth-order valence-corrected chi connectivity index (χ4v) is 3.68. The van der Waals surface area contributed by atoms with Crippen molar-refractivity contribution in [1.82, 2.24) is 4.98 Å². The van der Waals surface area contributed by atoms with E-state index in [1.165, 1.54) is 12.1 Å². The van der Waals surface area contributed by atoms with Crippen LogP contribution in [-0.4, -0.2) is 11.2 Å². The number of halogens is 4. The van der Waals surface area contributed by atoms with Crippen molar-refractivity contribution < 1.29 is 17.6 Å². The molecule has 1 saturated carbocycles. The van der Waals surface area contributed by atoms with Gasteiger partial charge in [-0.05, 0) is 61.1 Å². The Bertz CT molecular complexity index is 1010. The molecule has 0 aliphatic heterocycles. The summed E-state index contributed by atoms with van der Waals surface area (Å²) >= 11 is 0. The number of aryl methyl sites for hydroxylation is 2. The lowest BCUT2D eigenvalue weighted by Gasteiger charge is -2.31. The minimum Gasteiger partial charge on any atom is -0.359 e. The highest BCUT2D eigenvalue weighted by Crippen LogP contribution is 2.36. The molecule has 0 bridgehead atoms. The molecule has 2 nitrogen and oxygen atoms in total. The van der Waals surface area contributed by atoms with E-state index in [-0.39, 0.29) is 5.92 Å². The molecule has 6 heteroatoms. The van der Waals surface area contributed by atoms with Gasteiger partial charge in [0, 0.05) is 28.7 Å². The number of rotatable bonds is 6. The minimum absolute atomic E-state index is 0.165. The van der Waals surface area contributed by atoms with E-state index in [1.54, 1.807) is 0 Å². The van der Waals surface area contributed by atoms with Crippen molar-refractivity contribution in [3.8, 4) is 0 Å². The zero-order valence-electron chi connectivity index (χ0n) is 15.8. The molecular formula is C23H22F4N2. The summed E-state index contributed by atoms with van der Waals surface area (Å²) < 4.78 is 51.1. The Kier molecular flexibility index (Phi) is 5.11. The highest BCUT2D eigenvalue weighted by molar-refractivity contribution is 5.93. The van der Waals surface area contributed by atoms with Gasteiger partial charge in [0.2, 0.25) is 0 Å². The van der Waals surface area contributed by atoms with Crippen LogP contribution in [0.4, 0.5) is 23.2 Å². The molecule has 2 aromatic carbocycles. The Morgan fingerprint density at radius 1 is 1.03 bits per heavy atom. The van der Waals surface area contributed by atoms with Crippen molar-refractivity contribution in [2.45, 2.75) is 38.0 Å². The number of nitrogens with one attached hydrogen (secondary N) is 2. The van der Waals surface area contributed by atoms with E-state index in [4.69, 9.17) is 0 Å². The van der Waals surface area contributed by atoms with Crippen LogP contribution < -0.4 is 5.32 Å². The van der Waals surface area contributed by atoms with Gasteiger partial charge in [-0.15, -0.1) is 0 Å². The molecule has 152 valence electrons. The van der Waals surface area contributed by atoms with Gasteiger partial charge < -0.3 is 10.3 Å². The summed E-state index contributed by atoms with van der Waals surface area (Å²) in [6.07, 6.45) is -0.739. The van der Waals surface area contributed by atoms with Crippen LogP contribution in [0.3, 0.4) is 0 Å². The second-order valence-corrected chi connectivity index (χ2v) is 7.69. The van der Waals surface area contributed by atoms with E-state index in [9.17, 15) is 17.6 Å². The normalized spacial score (nSPS) is 19.2. The third kappa shape index (κ3) is 4.31. The van der Waals surface area contributed by atoms with Crippen molar-refractivity contribution >= 4 is 16.6 Å². The number of hydrogen-bond donors (Lipinski definition) is 2. The quantitative estimate of drug-likeness (QED) is 0.444. The second kappa shape index (κ2) is 7.58. The summed E-state index contributed by atoms with van der Waals surface area (Å²) in [6, 6.07) is 11.4. The van der Waals surface area contributed by atoms with Gasteiger partial charge in [0.05, 0.1) is 11.3 Å². The van der Waals surface area contributed by atoms with Crippen LogP contribution in [0.2, 0.25) is 0 Å². The van der Waals surface area contributed by atoms with Crippen molar-refractivity contribution in [2.24, 2.45) is 5.92 Å². The molecule has 1 aliphatic rings. The Morgan fingerprint density at radius 3 is 2.34 bits per heavy atom. The molecule has 0 atom stereocenters. The van der Waals surface area contributed by atoms with Gasteiger partial charge >= 0.3 is 6.18 Å². The third-order valence-electron chi connectivity index (χ3n) is 5.60. The van der Waals surface area contributed by atoms with Crippen LogP contribution in [0.25, 0.3) is 10.9 Å². The van der Waals surface area contributed by atoms with E-state index in [0.29, 0.717) is 19.3 Å². The number of aromatic nitrogens is 1. The molecule has 0 unspecified atom stereocenters. The topological polar surface area (TPSA) is 27.8 Å². The first-order chi connectivity index (χ1) is 13.8. The zero-order valence-corrected chi connectivity index (χ0v) is 15.8. The number of H-pyrrole nitrogens is 1. The maximum absolute atomic E-state index is 13.1. The molecule has 3 aromatic rings. The Morgan fingerprint density at radius 2 is 1.69 bits per heavy atom. The van der Waals surface area contributed by atoms with Crippen molar-refractivity contribution in [3.63, 3.8) is 0 Å². The number of anilines is 1. The Labute approximate surface area is 166 Å². The molecule has 0 radical (unpaired) electrons.